The monoisotopic (exact) mass is 329 g/mol. The summed E-state index contributed by atoms with van der Waals surface area (Å²) in [5.41, 5.74) is 3.66. The van der Waals surface area contributed by atoms with Crippen molar-refractivity contribution in [1.29, 1.82) is 0 Å². The van der Waals surface area contributed by atoms with Crippen molar-refractivity contribution in [2.75, 3.05) is 13.1 Å². The van der Waals surface area contributed by atoms with Crippen LogP contribution in [0.4, 0.5) is 0 Å². The number of hydrogen-bond acceptors (Lipinski definition) is 5. The number of piperidine rings is 1. The van der Waals surface area contributed by atoms with Gasteiger partial charge in [-0.2, -0.15) is 5.10 Å². The van der Waals surface area contributed by atoms with Crippen LogP contribution in [0.15, 0.2) is 17.1 Å². The van der Waals surface area contributed by atoms with E-state index in [1.54, 1.807) is 17.4 Å². The molecule has 0 aromatic carbocycles. The lowest BCUT2D eigenvalue weighted by atomic mass is 9.94. The van der Waals surface area contributed by atoms with E-state index in [0.717, 1.165) is 58.4 Å². The molecule has 0 atom stereocenters. The molecular formula is C16H19N5OS. The summed E-state index contributed by atoms with van der Waals surface area (Å²) in [6, 6.07) is 1.70. The number of nitrogens with zero attached hydrogens (tertiary/aromatic N) is 3. The van der Waals surface area contributed by atoms with Crippen LogP contribution in [0.2, 0.25) is 0 Å². The Morgan fingerprint density at radius 3 is 2.78 bits per heavy atom. The minimum atomic E-state index is -0.0633. The molecule has 120 valence electrons. The first-order valence-electron chi connectivity index (χ1n) is 7.89. The van der Waals surface area contributed by atoms with Gasteiger partial charge in [-0.15, -0.1) is 11.3 Å². The van der Waals surface area contributed by atoms with Gasteiger partial charge in [0.1, 0.15) is 5.65 Å². The third-order valence-corrected chi connectivity index (χ3v) is 5.55. The van der Waals surface area contributed by atoms with Gasteiger partial charge in [-0.05, 0) is 39.8 Å². The third kappa shape index (κ3) is 2.49. The number of H-pyrrole nitrogens is 1. The van der Waals surface area contributed by atoms with Gasteiger partial charge in [-0.3, -0.25) is 4.79 Å². The summed E-state index contributed by atoms with van der Waals surface area (Å²) in [6.07, 6.45) is 3.91. The van der Waals surface area contributed by atoms with Crippen LogP contribution in [0.5, 0.6) is 0 Å². The van der Waals surface area contributed by atoms with Crippen LogP contribution in [0.3, 0.4) is 0 Å². The van der Waals surface area contributed by atoms with Gasteiger partial charge in [0.2, 0.25) is 0 Å². The number of hydrogen-bond donors (Lipinski definition) is 2. The average molecular weight is 329 g/mol. The lowest BCUT2D eigenvalue weighted by Crippen LogP contribution is -2.28. The molecule has 2 N–H and O–H groups in total. The van der Waals surface area contributed by atoms with Gasteiger partial charge in [0.05, 0.1) is 33.0 Å². The zero-order valence-corrected chi connectivity index (χ0v) is 14.0. The number of aromatic nitrogens is 4. The van der Waals surface area contributed by atoms with Crippen LogP contribution < -0.4 is 10.9 Å². The molecular weight excluding hydrogens is 310 g/mol. The highest BCUT2D eigenvalue weighted by atomic mass is 32.1. The molecule has 4 heterocycles. The summed E-state index contributed by atoms with van der Waals surface area (Å²) in [5, 5.41) is 8.95. The first kappa shape index (κ1) is 14.6. The minimum Gasteiger partial charge on any atom is -0.317 e. The molecule has 3 aromatic rings. The molecule has 1 aliphatic heterocycles. The molecule has 3 aromatic heterocycles. The van der Waals surface area contributed by atoms with Gasteiger partial charge in [-0.25, -0.2) is 9.50 Å². The summed E-state index contributed by atoms with van der Waals surface area (Å²) >= 11 is 1.64. The van der Waals surface area contributed by atoms with Crippen LogP contribution >= 0.6 is 11.3 Å². The Kier molecular flexibility index (Phi) is 3.54. The van der Waals surface area contributed by atoms with E-state index in [-0.39, 0.29) is 5.56 Å². The second-order valence-electron chi connectivity index (χ2n) is 6.05. The van der Waals surface area contributed by atoms with E-state index < -0.39 is 0 Å². The Morgan fingerprint density at radius 1 is 1.30 bits per heavy atom. The summed E-state index contributed by atoms with van der Waals surface area (Å²) in [4.78, 5) is 20.7. The van der Waals surface area contributed by atoms with Crippen molar-refractivity contribution in [2.45, 2.75) is 32.6 Å². The number of aromatic amines is 1. The lowest BCUT2D eigenvalue weighted by molar-refractivity contribution is 0.446. The van der Waals surface area contributed by atoms with E-state index in [4.69, 9.17) is 0 Å². The zero-order chi connectivity index (χ0) is 16.0. The molecule has 0 aliphatic carbocycles. The van der Waals surface area contributed by atoms with E-state index in [1.165, 1.54) is 0 Å². The normalized spacial score (nSPS) is 16.3. The van der Waals surface area contributed by atoms with Crippen molar-refractivity contribution >= 4 is 17.0 Å². The van der Waals surface area contributed by atoms with Crippen LogP contribution in [0.1, 0.15) is 35.2 Å². The van der Waals surface area contributed by atoms with E-state index >= 15 is 0 Å². The maximum Gasteiger partial charge on any atom is 0.251 e. The Balaban J connectivity index is 1.91. The fourth-order valence-corrected chi connectivity index (χ4v) is 4.30. The van der Waals surface area contributed by atoms with Gasteiger partial charge in [0.15, 0.2) is 0 Å². The van der Waals surface area contributed by atoms with Crippen molar-refractivity contribution in [2.24, 2.45) is 0 Å². The standard InChI is InChI=1S/C16H19N5OS/c1-9-15(23-10(2)19-9)12-8-18-21-13(7-14(22)20-16(12)21)11-3-5-17-6-4-11/h7-8,11,17H,3-6H2,1-2H3,(H,20,22). The molecule has 0 radical (unpaired) electrons. The highest BCUT2D eigenvalue weighted by Gasteiger charge is 2.21. The van der Waals surface area contributed by atoms with Crippen molar-refractivity contribution in [3.05, 3.63) is 39.0 Å². The molecule has 23 heavy (non-hydrogen) atoms. The largest absolute Gasteiger partial charge is 0.317 e. The first-order valence-corrected chi connectivity index (χ1v) is 8.71. The highest BCUT2D eigenvalue weighted by molar-refractivity contribution is 7.15. The Morgan fingerprint density at radius 2 is 2.09 bits per heavy atom. The Bertz CT molecular complexity index is 916. The van der Waals surface area contributed by atoms with Gasteiger partial charge >= 0.3 is 0 Å². The molecule has 0 saturated carbocycles. The van der Waals surface area contributed by atoms with E-state index in [0.29, 0.717) is 5.92 Å². The van der Waals surface area contributed by atoms with Gasteiger partial charge in [-0.1, -0.05) is 0 Å². The van der Waals surface area contributed by atoms with Gasteiger partial charge in [0.25, 0.3) is 5.56 Å². The molecule has 7 heteroatoms. The number of rotatable bonds is 2. The van der Waals surface area contributed by atoms with Crippen LogP contribution in [-0.4, -0.2) is 32.7 Å². The topological polar surface area (TPSA) is 75.1 Å². The summed E-state index contributed by atoms with van der Waals surface area (Å²) < 4.78 is 1.90. The van der Waals surface area contributed by atoms with Crippen molar-refractivity contribution in [3.8, 4) is 10.4 Å². The molecule has 0 amide bonds. The molecule has 1 saturated heterocycles. The Labute approximate surface area is 137 Å². The smallest absolute Gasteiger partial charge is 0.251 e. The predicted molar refractivity (Wildman–Crippen MR) is 91.2 cm³/mol. The van der Waals surface area contributed by atoms with Crippen molar-refractivity contribution in [1.82, 2.24) is 24.9 Å². The fraction of sp³-hybridized carbons (Fsp3) is 0.438. The lowest BCUT2D eigenvalue weighted by Gasteiger charge is -2.23. The third-order valence-electron chi connectivity index (χ3n) is 4.44. The maximum absolute atomic E-state index is 12.2. The number of nitrogens with one attached hydrogen (secondary N) is 2. The summed E-state index contributed by atoms with van der Waals surface area (Å²) in [7, 11) is 0. The SMILES string of the molecule is Cc1nc(C)c(-c2cnn3c(C4CCNCC4)cc(=O)[nH]c23)s1. The molecule has 6 nitrogen and oxygen atoms in total. The zero-order valence-electron chi connectivity index (χ0n) is 13.2. The quantitative estimate of drug-likeness (QED) is 0.756. The van der Waals surface area contributed by atoms with Gasteiger partial charge in [0, 0.05) is 12.0 Å². The predicted octanol–water partition coefficient (Wildman–Crippen LogP) is 2.23. The van der Waals surface area contributed by atoms with Crippen molar-refractivity contribution in [3.63, 3.8) is 0 Å². The molecule has 4 rings (SSSR count). The average Bonchev–Trinajstić information content (AvgIpc) is 3.10. The minimum absolute atomic E-state index is 0.0633. The second kappa shape index (κ2) is 5.58. The van der Waals surface area contributed by atoms with Crippen LogP contribution in [-0.2, 0) is 0 Å². The van der Waals surface area contributed by atoms with Crippen LogP contribution in [0, 0.1) is 13.8 Å². The summed E-state index contributed by atoms with van der Waals surface area (Å²) in [5.74, 6) is 0.373. The maximum atomic E-state index is 12.2. The molecule has 0 unspecified atom stereocenters. The van der Waals surface area contributed by atoms with E-state index in [9.17, 15) is 4.79 Å². The molecule has 1 aliphatic rings. The molecule has 1 fully saturated rings. The molecule has 0 bridgehead atoms. The number of fused-ring (bicyclic) bond motifs is 1. The van der Waals surface area contributed by atoms with Gasteiger partial charge < -0.3 is 10.3 Å². The number of thiazole rings is 1. The first-order chi connectivity index (χ1) is 11.1. The Hall–Kier alpha value is -1.99. The number of aryl methyl sites for hydroxylation is 2. The highest BCUT2D eigenvalue weighted by Crippen LogP contribution is 2.33. The fourth-order valence-electron chi connectivity index (χ4n) is 3.37. The molecule has 0 spiro atoms. The second-order valence-corrected chi connectivity index (χ2v) is 7.25. The van der Waals surface area contributed by atoms with Crippen molar-refractivity contribution < 1.29 is 0 Å². The van der Waals surface area contributed by atoms with Crippen LogP contribution in [0.25, 0.3) is 16.1 Å². The summed E-state index contributed by atoms with van der Waals surface area (Å²) in [6.45, 7) is 5.97. The van der Waals surface area contributed by atoms with E-state index in [2.05, 4.69) is 20.4 Å². The van der Waals surface area contributed by atoms with E-state index in [1.807, 2.05) is 24.6 Å².